The molecule has 1 unspecified atom stereocenters. The van der Waals surface area contributed by atoms with Gasteiger partial charge in [-0.1, -0.05) is 18.2 Å². The van der Waals surface area contributed by atoms with Crippen LogP contribution in [0.2, 0.25) is 0 Å². The van der Waals surface area contributed by atoms with Crippen molar-refractivity contribution in [1.82, 2.24) is 9.88 Å². The molecule has 0 fully saturated rings. The molecule has 0 spiro atoms. The molecule has 21 heavy (non-hydrogen) atoms. The van der Waals surface area contributed by atoms with Crippen LogP contribution in [-0.4, -0.2) is 23.5 Å². The lowest BCUT2D eigenvalue weighted by molar-refractivity contribution is 0.306. The van der Waals surface area contributed by atoms with Gasteiger partial charge in [-0.3, -0.25) is 4.98 Å². The van der Waals surface area contributed by atoms with Crippen molar-refractivity contribution in [2.24, 2.45) is 5.73 Å². The average Bonchev–Trinajstić information content (AvgIpc) is 2.48. The first kappa shape index (κ1) is 15.5. The standard InChI is InChI=1S/C16H19F2N3/c1-21(11-12-5-2-3-9-20-12)10-8-15(19)13-6-4-7-14(17)16(13)18/h2-7,9,15H,8,10-11,19H2,1H3. The first-order chi connectivity index (χ1) is 10.1. The van der Waals surface area contributed by atoms with E-state index in [9.17, 15) is 8.78 Å². The Morgan fingerprint density at radius 3 is 2.71 bits per heavy atom. The van der Waals surface area contributed by atoms with Crippen molar-refractivity contribution in [1.29, 1.82) is 0 Å². The summed E-state index contributed by atoms with van der Waals surface area (Å²) in [7, 11) is 1.95. The van der Waals surface area contributed by atoms with Gasteiger partial charge in [-0.05, 0) is 31.7 Å². The Kier molecular flexibility index (Phi) is 5.36. The van der Waals surface area contributed by atoms with Crippen molar-refractivity contribution < 1.29 is 8.78 Å². The molecule has 1 aromatic carbocycles. The van der Waals surface area contributed by atoms with Crippen LogP contribution in [0.15, 0.2) is 42.6 Å². The third-order valence-corrected chi connectivity index (χ3v) is 3.36. The SMILES string of the molecule is CN(CCC(N)c1cccc(F)c1F)Cc1ccccn1. The molecule has 0 bridgehead atoms. The molecule has 2 N–H and O–H groups in total. The smallest absolute Gasteiger partial charge is 0.163 e. The second kappa shape index (κ2) is 7.24. The van der Waals surface area contributed by atoms with E-state index in [4.69, 9.17) is 5.73 Å². The molecule has 1 aromatic heterocycles. The summed E-state index contributed by atoms with van der Waals surface area (Å²) in [6, 6.07) is 9.33. The van der Waals surface area contributed by atoms with Gasteiger partial charge in [0.15, 0.2) is 11.6 Å². The molecule has 5 heteroatoms. The van der Waals surface area contributed by atoms with Crippen LogP contribution in [-0.2, 0) is 6.54 Å². The zero-order valence-electron chi connectivity index (χ0n) is 12.0. The average molecular weight is 291 g/mol. The van der Waals surface area contributed by atoms with Gasteiger partial charge in [0.25, 0.3) is 0 Å². The minimum atomic E-state index is -0.857. The predicted molar refractivity (Wildman–Crippen MR) is 78.5 cm³/mol. The van der Waals surface area contributed by atoms with Crippen molar-refractivity contribution >= 4 is 0 Å². The molecule has 2 aromatic rings. The zero-order chi connectivity index (χ0) is 15.2. The van der Waals surface area contributed by atoms with Gasteiger partial charge < -0.3 is 10.6 Å². The minimum Gasteiger partial charge on any atom is -0.324 e. The van der Waals surface area contributed by atoms with Crippen LogP contribution in [0.3, 0.4) is 0 Å². The van der Waals surface area contributed by atoms with Crippen LogP contribution in [0.5, 0.6) is 0 Å². The molecule has 0 amide bonds. The van der Waals surface area contributed by atoms with Crippen LogP contribution in [0, 0.1) is 11.6 Å². The zero-order valence-corrected chi connectivity index (χ0v) is 12.0. The molecule has 0 aliphatic rings. The number of rotatable bonds is 6. The van der Waals surface area contributed by atoms with Gasteiger partial charge in [0.1, 0.15) is 0 Å². The number of aromatic nitrogens is 1. The van der Waals surface area contributed by atoms with Crippen molar-refractivity contribution in [3.8, 4) is 0 Å². The fourth-order valence-corrected chi connectivity index (χ4v) is 2.17. The van der Waals surface area contributed by atoms with Crippen LogP contribution in [0.4, 0.5) is 8.78 Å². The minimum absolute atomic E-state index is 0.223. The quantitative estimate of drug-likeness (QED) is 0.890. The number of hydrogen-bond acceptors (Lipinski definition) is 3. The lowest BCUT2D eigenvalue weighted by Crippen LogP contribution is -2.24. The van der Waals surface area contributed by atoms with E-state index in [0.29, 0.717) is 19.5 Å². The van der Waals surface area contributed by atoms with Gasteiger partial charge >= 0.3 is 0 Å². The van der Waals surface area contributed by atoms with E-state index in [1.54, 1.807) is 6.20 Å². The van der Waals surface area contributed by atoms with Gasteiger partial charge in [-0.15, -0.1) is 0 Å². The fraction of sp³-hybridized carbons (Fsp3) is 0.312. The third kappa shape index (κ3) is 4.31. The Hall–Kier alpha value is -1.85. The Morgan fingerprint density at radius 2 is 2.00 bits per heavy atom. The first-order valence-electron chi connectivity index (χ1n) is 6.86. The maximum absolute atomic E-state index is 13.6. The Bertz CT molecular complexity index is 575. The van der Waals surface area contributed by atoms with Gasteiger partial charge in [0.05, 0.1) is 5.69 Å². The van der Waals surface area contributed by atoms with E-state index in [-0.39, 0.29) is 5.56 Å². The van der Waals surface area contributed by atoms with Crippen LogP contribution < -0.4 is 5.73 Å². The summed E-state index contributed by atoms with van der Waals surface area (Å²) in [6.45, 7) is 1.37. The number of nitrogens with zero attached hydrogens (tertiary/aromatic N) is 2. The number of benzene rings is 1. The maximum Gasteiger partial charge on any atom is 0.163 e. The summed E-state index contributed by atoms with van der Waals surface area (Å²) in [4.78, 5) is 6.30. The number of pyridine rings is 1. The third-order valence-electron chi connectivity index (χ3n) is 3.36. The Morgan fingerprint density at radius 1 is 1.19 bits per heavy atom. The molecule has 1 atom stereocenters. The van der Waals surface area contributed by atoms with Gasteiger partial charge in [0.2, 0.25) is 0 Å². The molecule has 0 aliphatic carbocycles. The van der Waals surface area contributed by atoms with E-state index in [1.165, 1.54) is 12.1 Å². The number of hydrogen-bond donors (Lipinski definition) is 1. The van der Waals surface area contributed by atoms with E-state index < -0.39 is 17.7 Å². The second-order valence-corrected chi connectivity index (χ2v) is 5.10. The van der Waals surface area contributed by atoms with Gasteiger partial charge in [-0.2, -0.15) is 0 Å². The normalized spacial score (nSPS) is 12.6. The van der Waals surface area contributed by atoms with E-state index in [1.807, 2.05) is 25.2 Å². The highest BCUT2D eigenvalue weighted by molar-refractivity contribution is 5.22. The summed E-state index contributed by atoms with van der Waals surface area (Å²) in [6.07, 6.45) is 2.29. The molecule has 2 rings (SSSR count). The Labute approximate surface area is 123 Å². The Balaban J connectivity index is 1.89. The molecule has 3 nitrogen and oxygen atoms in total. The topological polar surface area (TPSA) is 42.1 Å². The lowest BCUT2D eigenvalue weighted by atomic mass is 10.0. The molecule has 1 heterocycles. The summed E-state index contributed by atoms with van der Waals surface area (Å²) in [5.41, 5.74) is 7.14. The predicted octanol–water partition coefficient (Wildman–Crippen LogP) is 2.88. The van der Waals surface area contributed by atoms with E-state index >= 15 is 0 Å². The molecule has 0 saturated carbocycles. The summed E-state index contributed by atoms with van der Waals surface area (Å²) in [5, 5.41) is 0. The highest BCUT2D eigenvalue weighted by Gasteiger charge is 2.15. The van der Waals surface area contributed by atoms with Crippen molar-refractivity contribution in [2.45, 2.75) is 19.0 Å². The molecule has 0 radical (unpaired) electrons. The highest BCUT2D eigenvalue weighted by Crippen LogP contribution is 2.20. The summed E-state index contributed by atoms with van der Waals surface area (Å²) < 4.78 is 26.8. The molecule has 112 valence electrons. The maximum atomic E-state index is 13.6. The van der Waals surface area contributed by atoms with Crippen LogP contribution in [0.1, 0.15) is 23.7 Å². The van der Waals surface area contributed by atoms with E-state index in [0.717, 1.165) is 11.8 Å². The monoisotopic (exact) mass is 291 g/mol. The first-order valence-corrected chi connectivity index (χ1v) is 6.86. The van der Waals surface area contributed by atoms with Gasteiger partial charge in [-0.25, -0.2) is 8.78 Å². The van der Waals surface area contributed by atoms with Crippen molar-refractivity contribution in [3.63, 3.8) is 0 Å². The summed E-state index contributed by atoms with van der Waals surface area (Å²) in [5.74, 6) is -1.71. The summed E-state index contributed by atoms with van der Waals surface area (Å²) >= 11 is 0. The molecule has 0 aliphatic heterocycles. The van der Waals surface area contributed by atoms with Crippen LogP contribution in [0.25, 0.3) is 0 Å². The number of halogens is 2. The van der Waals surface area contributed by atoms with E-state index in [2.05, 4.69) is 9.88 Å². The van der Waals surface area contributed by atoms with Crippen LogP contribution >= 0.6 is 0 Å². The fourth-order valence-electron chi connectivity index (χ4n) is 2.17. The lowest BCUT2D eigenvalue weighted by Gasteiger charge is -2.19. The van der Waals surface area contributed by atoms with Gasteiger partial charge in [0, 0.05) is 30.9 Å². The largest absolute Gasteiger partial charge is 0.324 e. The second-order valence-electron chi connectivity index (χ2n) is 5.10. The van der Waals surface area contributed by atoms with Crippen molar-refractivity contribution in [3.05, 3.63) is 65.5 Å². The molecular formula is C16H19F2N3. The van der Waals surface area contributed by atoms with Crippen molar-refractivity contribution in [2.75, 3.05) is 13.6 Å². The number of nitrogens with two attached hydrogens (primary N) is 1. The highest BCUT2D eigenvalue weighted by atomic mass is 19.2. The molecular weight excluding hydrogens is 272 g/mol. The molecule has 0 saturated heterocycles.